The summed E-state index contributed by atoms with van der Waals surface area (Å²) in [5, 5.41) is 9.06. The van der Waals surface area contributed by atoms with Gasteiger partial charge in [-0.15, -0.1) is 0 Å². The minimum absolute atomic E-state index is 0.0347. The lowest BCUT2D eigenvalue weighted by Crippen LogP contribution is -2.58. The van der Waals surface area contributed by atoms with E-state index in [1.54, 1.807) is 6.92 Å². The molecule has 2 rings (SSSR count). The minimum atomic E-state index is -0.871. The summed E-state index contributed by atoms with van der Waals surface area (Å²) in [5.41, 5.74) is -0.368. The Hall–Kier alpha value is -1.30. The molecule has 0 aromatic heterocycles. The van der Waals surface area contributed by atoms with E-state index in [1.165, 1.54) is 4.90 Å². The standard InChI is InChI=1S/C13H22N2O4/c1-3-14-9-13(19-10(2)11(14)16)5-4-7-15(8-6-13)12(17)18/h10H,3-9H2,1-2H3,(H,17,18). The van der Waals surface area contributed by atoms with Crippen LogP contribution in [0.25, 0.3) is 0 Å². The Kier molecular flexibility index (Phi) is 3.99. The fourth-order valence-corrected chi connectivity index (χ4v) is 3.05. The van der Waals surface area contributed by atoms with Crippen LogP contribution < -0.4 is 0 Å². The molecule has 0 bridgehead atoms. The van der Waals surface area contributed by atoms with Crippen LogP contribution in [0.15, 0.2) is 0 Å². The largest absolute Gasteiger partial charge is 0.465 e. The fraction of sp³-hybridized carbons (Fsp3) is 0.846. The number of amides is 2. The van der Waals surface area contributed by atoms with E-state index in [0.29, 0.717) is 32.6 Å². The molecule has 2 heterocycles. The van der Waals surface area contributed by atoms with Crippen molar-refractivity contribution in [1.82, 2.24) is 9.80 Å². The van der Waals surface area contributed by atoms with Crippen LogP contribution in [0.3, 0.4) is 0 Å². The topological polar surface area (TPSA) is 70.1 Å². The maximum Gasteiger partial charge on any atom is 0.407 e. The van der Waals surface area contributed by atoms with Crippen LogP contribution in [-0.2, 0) is 9.53 Å². The van der Waals surface area contributed by atoms with Gasteiger partial charge in [0.15, 0.2) is 0 Å². The Morgan fingerprint density at radius 3 is 2.84 bits per heavy atom. The SMILES string of the molecule is CCN1CC2(CCCN(C(=O)O)CC2)OC(C)C1=O. The van der Waals surface area contributed by atoms with Crippen molar-refractivity contribution in [3.8, 4) is 0 Å². The number of morpholine rings is 1. The maximum absolute atomic E-state index is 11.9. The van der Waals surface area contributed by atoms with Gasteiger partial charge < -0.3 is 19.6 Å². The van der Waals surface area contributed by atoms with Crippen molar-refractivity contribution in [2.24, 2.45) is 0 Å². The first-order valence-corrected chi connectivity index (χ1v) is 6.92. The van der Waals surface area contributed by atoms with Crippen LogP contribution in [0.4, 0.5) is 4.79 Å². The van der Waals surface area contributed by atoms with E-state index in [4.69, 9.17) is 9.84 Å². The van der Waals surface area contributed by atoms with Crippen molar-refractivity contribution in [2.75, 3.05) is 26.2 Å². The number of hydrogen-bond acceptors (Lipinski definition) is 3. The molecule has 0 saturated carbocycles. The average molecular weight is 270 g/mol. The quantitative estimate of drug-likeness (QED) is 0.776. The summed E-state index contributed by atoms with van der Waals surface area (Å²) in [7, 11) is 0. The van der Waals surface area contributed by atoms with Crippen LogP contribution in [0.2, 0.25) is 0 Å². The van der Waals surface area contributed by atoms with Gasteiger partial charge in [-0.2, -0.15) is 0 Å². The predicted octanol–water partition coefficient (Wildman–Crippen LogP) is 1.16. The van der Waals surface area contributed by atoms with E-state index in [1.807, 2.05) is 11.8 Å². The molecule has 2 amide bonds. The lowest BCUT2D eigenvalue weighted by molar-refractivity contribution is -0.182. The van der Waals surface area contributed by atoms with E-state index in [0.717, 1.165) is 12.8 Å². The van der Waals surface area contributed by atoms with Gasteiger partial charge in [-0.25, -0.2) is 4.79 Å². The van der Waals surface area contributed by atoms with Crippen molar-refractivity contribution in [1.29, 1.82) is 0 Å². The van der Waals surface area contributed by atoms with Gasteiger partial charge in [-0.05, 0) is 33.1 Å². The number of nitrogens with zero attached hydrogens (tertiary/aromatic N) is 2. The molecule has 6 nitrogen and oxygen atoms in total. The molecule has 1 N–H and O–H groups in total. The van der Waals surface area contributed by atoms with Crippen LogP contribution >= 0.6 is 0 Å². The number of carboxylic acid groups (broad SMARTS) is 1. The van der Waals surface area contributed by atoms with E-state index in [-0.39, 0.29) is 11.5 Å². The van der Waals surface area contributed by atoms with Gasteiger partial charge in [-0.1, -0.05) is 0 Å². The molecular weight excluding hydrogens is 248 g/mol. The lowest BCUT2D eigenvalue weighted by atomic mass is 9.91. The molecule has 2 saturated heterocycles. The summed E-state index contributed by atoms with van der Waals surface area (Å²) in [6.07, 6.45) is 0.956. The highest BCUT2D eigenvalue weighted by molar-refractivity contribution is 5.81. The molecule has 108 valence electrons. The number of hydrogen-bond donors (Lipinski definition) is 1. The molecule has 0 radical (unpaired) electrons. The third-order valence-electron chi connectivity index (χ3n) is 4.12. The Morgan fingerprint density at radius 1 is 1.47 bits per heavy atom. The molecule has 1 spiro atoms. The second-order valence-corrected chi connectivity index (χ2v) is 5.42. The van der Waals surface area contributed by atoms with Gasteiger partial charge in [0.2, 0.25) is 0 Å². The van der Waals surface area contributed by atoms with Crippen molar-refractivity contribution in [3.05, 3.63) is 0 Å². The summed E-state index contributed by atoms with van der Waals surface area (Å²) in [6, 6.07) is 0. The van der Waals surface area contributed by atoms with Crippen molar-refractivity contribution >= 4 is 12.0 Å². The third-order valence-corrected chi connectivity index (χ3v) is 4.12. The van der Waals surface area contributed by atoms with E-state index < -0.39 is 12.2 Å². The molecule has 2 aliphatic heterocycles. The van der Waals surface area contributed by atoms with Gasteiger partial charge in [0.05, 0.1) is 5.60 Å². The first-order chi connectivity index (χ1) is 8.97. The highest BCUT2D eigenvalue weighted by Gasteiger charge is 2.44. The van der Waals surface area contributed by atoms with Gasteiger partial charge in [0.1, 0.15) is 6.10 Å². The molecule has 0 aromatic carbocycles. The van der Waals surface area contributed by atoms with Gasteiger partial charge in [0.25, 0.3) is 5.91 Å². The number of likely N-dealkylation sites (N-methyl/N-ethyl adjacent to an activating group) is 1. The zero-order chi connectivity index (χ0) is 14.0. The van der Waals surface area contributed by atoms with Gasteiger partial charge in [-0.3, -0.25) is 4.79 Å². The molecule has 2 fully saturated rings. The van der Waals surface area contributed by atoms with Crippen molar-refractivity contribution in [3.63, 3.8) is 0 Å². The number of ether oxygens (including phenoxy) is 1. The van der Waals surface area contributed by atoms with Crippen LogP contribution in [-0.4, -0.2) is 64.8 Å². The number of carbonyl (C=O) groups is 2. The smallest absolute Gasteiger partial charge is 0.407 e. The molecule has 2 unspecified atom stereocenters. The highest BCUT2D eigenvalue weighted by atomic mass is 16.5. The van der Waals surface area contributed by atoms with Gasteiger partial charge in [0, 0.05) is 26.2 Å². The second-order valence-electron chi connectivity index (χ2n) is 5.42. The number of carbonyl (C=O) groups excluding carboxylic acids is 1. The normalized spacial score (nSPS) is 32.5. The summed E-state index contributed by atoms with van der Waals surface area (Å²) in [6.45, 7) is 6.04. The minimum Gasteiger partial charge on any atom is -0.465 e. The molecule has 0 aromatic rings. The van der Waals surface area contributed by atoms with Crippen LogP contribution in [0, 0.1) is 0 Å². The predicted molar refractivity (Wildman–Crippen MR) is 69.0 cm³/mol. The Labute approximate surface area is 113 Å². The maximum atomic E-state index is 11.9. The average Bonchev–Trinajstić information content (AvgIpc) is 2.57. The zero-order valence-corrected chi connectivity index (χ0v) is 11.6. The highest BCUT2D eigenvalue weighted by Crippen LogP contribution is 2.32. The van der Waals surface area contributed by atoms with Crippen molar-refractivity contribution < 1.29 is 19.4 Å². The monoisotopic (exact) mass is 270 g/mol. The fourth-order valence-electron chi connectivity index (χ4n) is 3.05. The van der Waals surface area contributed by atoms with Crippen LogP contribution in [0.1, 0.15) is 33.1 Å². The van der Waals surface area contributed by atoms with E-state index >= 15 is 0 Å². The Morgan fingerprint density at radius 2 is 2.21 bits per heavy atom. The summed E-state index contributed by atoms with van der Waals surface area (Å²) < 4.78 is 5.96. The first kappa shape index (κ1) is 14.1. The molecule has 2 atom stereocenters. The second kappa shape index (κ2) is 5.36. The van der Waals surface area contributed by atoms with Gasteiger partial charge >= 0.3 is 6.09 Å². The number of rotatable bonds is 1. The van der Waals surface area contributed by atoms with E-state index in [2.05, 4.69) is 0 Å². The summed E-state index contributed by atoms with van der Waals surface area (Å²) >= 11 is 0. The molecule has 2 aliphatic rings. The Bertz CT molecular complexity index is 374. The van der Waals surface area contributed by atoms with Crippen LogP contribution in [0.5, 0.6) is 0 Å². The molecule has 19 heavy (non-hydrogen) atoms. The molecular formula is C13H22N2O4. The zero-order valence-electron chi connectivity index (χ0n) is 11.6. The molecule has 6 heteroatoms. The summed E-state index contributed by atoms with van der Waals surface area (Å²) in [4.78, 5) is 26.2. The lowest BCUT2D eigenvalue weighted by Gasteiger charge is -2.44. The third kappa shape index (κ3) is 2.83. The Balaban J connectivity index is 2.10. The first-order valence-electron chi connectivity index (χ1n) is 6.92. The number of likely N-dealkylation sites (tertiary alicyclic amines) is 1. The van der Waals surface area contributed by atoms with E-state index in [9.17, 15) is 9.59 Å². The molecule has 0 aliphatic carbocycles. The summed E-state index contributed by atoms with van der Waals surface area (Å²) in [5.74, 6) is 0.0347. The van der Waals surface area contributed by atoms with Crippen molar-refractivity contribution in [2.45, 2.75) is 44.8 Å².